The average Bonchev–Trinajstić information content (AvgIpc) is 2.62. The molecule has 0 heterocycles. The summed E-state index contributed by atoms with van der Waals surface area (Å²) in [5.41, 5.74) is 0.753. The van der Waals surface area contributed by atoms with Crippen LogP contribution < -0.4 is 15.4 Å². The number of carbonyl (C=O) groups excluding carboxylic acids is 1. The van der Waals surface area contributed by atoms with Crippen molar-refractivity contribution in [1.82, 2.24) is 5.32 Å². The third-order valence-corrected chi connectivity index (χ3v) is 3.59. The summed E-state index contributed by atoms with van der Waals surface area (Å²) in [5, 5.41) is 5.32. The van der Waals surface area contributed by atoms with Crippen LogP contribution in [0.1, 0.15) is 12.0 Å². The van der Waals surface area contributed by atoms with E-state index in [1.165, 1.54) is 0 Å². The Morgan fingerprint density at radius 1 is 1.00 bits per heavy atom. The van der Waals surface area contributed by atoms with Gasteiger partial charge in [0.25, 0.3) is 0 Å². The fraction of sp³-hybridized carbons (Fsp3) is 0.278. The predicted molar refractivity (Wildman–Crippen MR) is 89.1 cm³/mol. The first-order chi connectivity index (χ1) is 12.0. The van der Waals surface area contributed by atoms with Gasteiger partial charge in [-0.25, -0.2) is 13.2 Å². The summed E-state index contributed by atoms with van der Waals surface area (Å²) in [7, 11) is 1.60. The second kappa shape index (κ2) is 9.08. The molecule has 0 spiro atoms. The van der Waals surface area contributed by atoms with Gasteiger partial charge >= 0.3 is 0 Å². The highest BCUT2D eigenvalue weighted by Crippen LogP contribution is 2.19. The molecule has 2 aromatic carbocycles. The zero-order valence-corrected chi connectivity index (χ0v) is 13.7. The van der Waals surface area contributed by atoms with Crippen molar-refractivity contribution in [3.05, 3.63) is 59.4 Å². The fourth-order valence-corrected chi connectivity index (χ4v) is 2.19. The van der Waals surface area contributed by atoms with E-state index in [4.69, 9.17) is 4.74 Å². The van der Waals surface area contributed by atoms with E-state index in [1.807, 2.05) is 24.3 Å². The first kappa shape index (κ1) is 18.8. The van der Waals surface area contributed by atoms with Crippen LogP contribution in [0.4, 0.5) is 18.9 Å². The molecule has 0 aliphatic heterocycles. The van der Waals surface area contributed by atoms with E-state index < -0.39 is 23.4 Å². The number of amides is 1. The Balaban J connectivity index is 1.69. The van der Waals surface area contributed by atoms with Crippen LogP contribution in [0.3, 0.4) is 0 Å². The molecule has 0 saturated heterocycles. The number of halogens is 3. The van der Waals surface area contributed by atoms with Crippen molar-refractivity contribution >= 4 is 11.6 Å². The maximum absolute atomic E-state index is 13.5. The van der Waals surface area contributed by atoms with Crippen molar-refractivity contribution in [3.8, 4) is 5.75 Å². The van der Waals surface area contributed by atoms with E-state index >= 15 is 0 Å². The first-order valence-electron chi connectivity index (χ1n) is 7.78. The Morgan fingerprint density at radius 2 is 1.72 bits per heavy atom. The standard InChI is InChI=1S/C18H19F3N2O2/c1-25-13-4-2-12(3-5-13)8-10-22-11-9-16(24)23-15-7-6-14(19)17(20)18(15)21/h2-7,22H,8-11H2,1H3,(H,23,24). The van der Waals surface area contributed by atoms with Crippen molar-refractivity contribution in [2.75, 3.05) is 25.5 Å². The molecule has 0 fully saturated rings. The normalized spacial score (nSPS) is 10.6. The van der Waals surface area contributed by atoms with Crippen LogP contribution in [0, 0.1) is 17.5 Å². The lowest BCUT2D eigenvalue weighted by atomic mass is 10.1. The lowest BCUT2D eigenvalue weighted by Gasteiger charge is -2.08. The maximum Gasteiger partial charge on any atom is 0.225 e. The van der Waals surface area contributed by atoms with E-state index in [0.29, 0.717) is 13.1 Å². The minimum Gasteiger partial charge on any atom is -0.497 e. The molecule has 7 heteroatoms. The van der Waals surface area contributed by atoms with Gasteiger partial charge < -0.3 is 15.4 Å². The zero-order valence-electron chi connectivity index (χ0n) is 13.7. The second-order valence-electron chi connectivity index (χ2n) is 5.37. The SMILES string of the molecule is COc1ccc(CCNCCC(=O)Nc2ccc(F)c(F)c2F)cc1. The van der Waals surface area contributed by atoms with Crippen molar-refractivity contribution in [1.29, 1.82) is 0 Å². The highest BCUT2D eigenvalue weighted by atomic mass is 19.2. The minimum atomic E-state index is -1.60. The first-order valence-corrected chi connectivity index (χ1v) is 7.78. The van der Waals surface area contributed by atoms with Crippen molar-refractivity contribution < 1.29 is 22.7 Å². The van der Waals surface area contributed by atoms with E-state index in [-0.39, 0.29) is 12.1 Å². The molecular weight excluding hydrogens is 333 g/mol. The summed E-state index contributed by atoms with van der Waals surface area (Å²) in [6.07, 6.45) is 0.866. The van der Waals surface area contributed by atoms with Crippen LogP contribution >= 0.6 is 0 Å². The smallest absolute Gasteiger partial charge is 0.225 e. The van der Waals surface area contributed by atoms with Crippen LogP contribution in [0.25, 0.3) is 0 Å². The number of methoxy groups -OCH3 is 1. The molecule has 2 N–H and O–H groups in total. The molecule has 25 heavy (non-hydrogen) atoms. The van der Waals surface area contributed by atoms with E-state index in [1.54, 1.807) is 7.11 Å². The molecule has 0 atom stereocenters. The molecule has 0 unspecified atom stereocenters. The van der Waals surface area contributed by atoms with Crippen LogP contribution in [0.5, 0.6) is 5.75 Å². The van der Waals surface area contributed by atoms with Crippen LogP contribution in [0.2, 0.25) is 0 Å². The molecule has 2 aromatic rings. The highest BCUT2D eigenvalue weighted by molar-refractivity contribution is 5.90. The number of benzene rings is 2. The summed E-state index contributed by atoms with van der Waals surface area (Å²) in [6, 6.07) is 9.42. The monoisotopic (exact) mass is 352 g/mol. The predicted octanol–water partition coefficient (Wildman–Crippen LogP) is 3.27. The number of ether oxygens (including phenoxy) is 1. The molecule has 0 saturated carbocycles. The number of hydrogen-bond donors (Lipinski definition) is 2. The summed E-state index contributed by atoms with van der Waals surface area (Å²) < 4.78 is 44.4. The molecule has 2 rings (SSSR count). The Bertz CT molecular complexity index is 721. The van der Waals surface area contributed by atoms with Gasteiger partial charge in [-0.2, -0.15) is 0 Å². The van der Waals surface area contributed by atoms with Gasteiger partial charge in [-0.1, -0.05) is 12.1 Å². The molecule has 0 aliphatic rings. The lowest BCUT2D eigenvalue weighted by molar-refractivity contribution is -0.116. The van der Waals surface area contributed by atoms with Crippen molar-refractivity contribution in [2.45, 2.75) is 12.8 Å². The number of anilines is 1. The summed E-state index contributed by atoms with van der Waals surface area (Å²) >= 11 is 0. The van der Waals surface area contributed by atoms with Crippen molar-refractivity contribution in [3.63, 3.8) is 0 Å². The van der Waals surface area contributed by atoms with Gasteiger partial charge in [0.2, 0.25) is 5.91 Å². The Kier molecular flexibility index (Phi) is 6.82. The molecule has 0 aliphatic carbocycles. The number of hydrogen-bond acceptors (Lipinski definition) is 3. The number of rotatable bonds is 8. The molecular formula is C18H19F3N2O2. The quantitative estimate of drug-likeness (QED) is 0.566. The molecule has 134 valence electrons. The van der Waals surface area contributed by atoms with Crippen molar-refractivity contribution in [2.24, 2.45) is 0 Å². The van der Waals surface area contributed by atoms with Gasteiger partial charge in [-0.3, -0.25) is 4.79 Å². The lowest BCUT2D eigenvalue weighted by Crippen LogP contribution is -2.24. The largest absolute Gasteiger partial charge is 0.497 e. The molecule has 0 radical (unpaired) electrons. The zero-order chi connectivity index (χ0) is 18.2. The fourth-order valence-electron chi connectivity index (χ4n) is 2.19. The van der Waals surface area contributed by atoms with E-state index in [0.717, 1.165) is 29.9 Å². The topological polar surface area (TPSA) is 50.4 Å². The molecule has 1 amide bonds. The summed E-state index contributed by atoms with van der Waals surface area (Å²) in [4.78, 5) is 11.7. The molecule has 0 aromatic heterocycles. The third-order valence-electron chi connectivity index (χ3n) is 3.59. The van der Waals surface area contributed by atoms with Gasteiger partial charge in [-0.15, -0.1) is 0 Å². The van der Waals surface area contributed by atoms with Crippen LogP contribution in [-0.4, -0.2) is 26.1 Å². The van der Waals surface area contributed by atoms with E-state index in [9.17, 15) is 18.0 Å². The van der Waals surface area contributed by atoms with Gasteiger partial charge in [0.15, 0.2) is 17.5 Å². The Hall–Kier alpha value is -2.54. The Labute approximate surface area is 144 Å². The third kappa shape index (κ3) is 5.49. The Morgan fingerprint density at radius 3 is 2.40 bits per heavy atom. The minimum absolute atomic E-state index is 0.0844. The van der Waals surface area contributed by atoms with E-state index in [2.05, 4.69) is 10.6 Å². The number of nitrogens with one attached hydrogen (secondary N) is 2. The van der Waals surface area contributed by atoms with Crippen LogP contribution in [-0.2, 0) is 11.2 Å². The summed E-state index contributed by atoms with van der Waals surface area (Å²) in [6.45, 7) is 1.05. The van der Waals surface area contributed by atoms with Crippen LogP contribution in [0.15, 0.2) is 36.4 Å². The van der Waals surface area contributed by atoms with Gasteiger partial charge in [0.1, 0.15) is 5.75 Å². The molecule has 0 bridgehead atoms. The van der Waals surface area contributed by atoms with Gasteiger partial charge in [-0.05, 0) is 42.8 Å². The molecule has 4 nitrogen and oxygen atoms in total. The second-order valence-corrected chi connectivity index (χ2v) is 5.37. The number of carbonyl (C=O) groups is 1. The van der Waals surface area contributed by atoms with Gasteiger partial charge in [0.05, 0.1) is 12.8 Å². The summed E-state index contributed by atoms with van der Waals surface area (Å²) in [5.74, 6) is -3.99. The highest BCUT2D eigenvalue weighted by Gasteiger charge is 2.14. The van der Waals surface area contributed by atoms with Gasteiger partial charge in [0, 0.05) is 13.0 Å². The maximum atomic E-state index is 13.5. The average molecular weight is 352 g/mol.